The molecule has 1 aromatic rings. The Hall–Kier alpha value is -0.860. The smallest absolute Gasteiger partial charge is 0.0587 e. The lowest BCUT2D eigenvalue weighted by Crippen LogP contribution is -2.37. The molecular formula is C15H23NO. The molecule has 0 saturated heterocycles. The summed E-state index contributed by atoms with van der Waals surface area (Å²) in [5.74, 6) is 0.833. The molecule has 94 valence electrons. The van der Waals surface area contributed by atoms with Gasteiger partial charge in [0, 0.05) is 6.04 Å². The molecule has 0 heterocycles. The van der Waals surface area contributed by atoms with E-state index in [0.717, 1.165) is 18.9 Å². The van der Waals surface area contributed by atoms with Gasteiger partial charge in [0.05, 0.1) is 6.61 Å². The number of nitrogens with one attached hydrogen (secondary N) is 1. The Bertz CT molecular complexity index is 306. The first-order valence-corrected chi connectivity index (χ1v) is 6.76. The van der Waals surface area contributed by atoms with Crippen molar-refractivity contribution in [1.82, 2.24) is 5.32 Å². The Morgan fingerprint density at radius 2 is 1.88 bits per heavy atom. The van der Waals surface area contributed by atoms with Crippen molar-refractivity contribution in [2.75, 3.05) is 13.2 Å². The van der Waals surface area contributed by atoms with E-state index in [1.807, 2.05) is 6.07 Å². The average Bonchev–Trinajstić information content (AvgIpc) is 2.89. The Kier molecular flexibility index (Phi) is 5.02. The first-order chi connectivity index (χ1) is 8.38. The molecule has 0 unspecified atom stereocenters. The van der Waals surface area contributed by atoms with Gasteiger partial charge in [0.25, 0.3) is 0 Å². The molecule has 0 spiro atoms. The summed E-state index contributed by atoms with van der Waals surface area (Å²) in [5, 5.41) is 12.9. The molecule has 0 aromatic heterocycles. The zero-order chi connectivity index (χ0) is 11.9. The predicted octanol–water partition coefficient (Wildman–Crippen LogP) is 2.37. The lowest BCUT2D eigenvalue weighted by atomic mass is 10.0. The molecule has 0 radical (unpaired) electrons. The van der Waals surface area contributed by atoms with Crippen LogP contribution in [0.5, 0.6) is 0 Å². The summed E-state index contributed by atoms with van der Waals surface area (Å²) in [4.78, 5) is 0. The molecule has 0 aliphatic heterocycles. The molecule has 1 atom stereocenters. The molecule has 2 nitrogen and oxygen atoms in total. The van der Waals surface area contributed by atoms with Gasteiger partial charge in [-0.25, -0.2) is 0 Å². The number of aliphatic hydroxyl groups excluding tert-OH is 1. The third kappa shape index (κ3) is 4.14. The van der Waals surface area contributed by atoms with Gasteiger partial charge in [-0.05, 0) is 37.3 Å². The lowest BCUT2D eigenvalue weighted by Gasteiger charge is -2.19. The van der Waals surface area contributed by atoms with Crippen molar-refractivity contribution in [3.63, 3.8) is 0 Å². The van der Waals surface area contributed by atoms with Crippen molar-refractivity contribution in [3.05, 3.63) is 35.9 Å². The summed E-state index contributed by atoms with van der Waals surface area (Å²) in [7, 11) is 0. The molecular weight excluding hydrogens is 210 g/mol. The standard InChI is InChI=1S/C15H23NO/c17-12-15(10-13-6-2-1-3-7-13)16-11-14-8-4-5-9-14/h1-3,6-7,14-17H,4-5,8-12H2/t15-/m1/s1. The van der Waals surface area contributed by atoms with E-state index in [9.17, 15) is 5.11 Å². The minimum atomic E-state index is 0.206. The number of hydrogen-bond acceptors (Lipinski definition) is 2. The Morgan fingerprint density at radius 1 is 1.18 bits per heavy atom. The topological polar surface area (TPSA) is 32.3 Å². The largest absolute Gasteiger partial charge is 0.395 e. The van der Waals surface area contributed by atoms with Crippen LogP contribution in [0.4, 0.5) is 0 Å². The van der Waals surface area contributed by atoms with Gasteiger partial charge in [-0.3, -0.25) is 0 Å². The second-order valence-corrected chi connectivity index (χ2v) is 5.13. The fraction of sp³-hybridized carbons (Fsp3) is 0.600. The number of benzene rings is 1. The van der Waals surface area contributed by atoms with Gasteiger partial charge < -0.3 is 10.4 Å². The third-order valence-electron chi connectivity index (χ3n) is 3.72. The van der Waals surface area contributed by atoms with Crippen molar-refractivity contribution in [2.45, 2.75) is 38.1 Å². The predicted molar refractivity (Wildman–Crippen MR) is 71.0 cm³/mol. The molecule has 1 aromatic carbocycles. The van der Waals surface area contributed by atoms with Gasteiger partial charge in [-0.15, -0.1) is 0 Å². The fourth-order valence-electron chi connectivity index (χ4n) is 2.65. The van der Waals surface area contributed by atoms with Crippen LogP contribution in [0.3, 0.4) is 0 Å². The highest BCUT2D eigenvalue weighted by atomic mass is 16.3. The van der Waals surface area contributed by atoms with Crippen LogP contribution in [0.15, 0.2) is 30.3 Å². The maximum atomic E-state index is 9.40. The van der Waals surface area contributed by atoms with Gasteiger partial charge in [0.15, 0.2) is 0 Å². The molecule has 17 heavy (non-hydrogen) atoms. The van der Waals surface area contributed by atoms with Crippen LogP contribution in [0, 0.1) is 5.92 Å². The van der Waals surface area contributed by atoms with Crippen molar-refractivity contribution in [1.29, 1.82) is 0 Å². The van der Waals surface area contributed by atoms with E-state index in [4.69, 9.17) is 0 Å². The number of rotatable bonds is 6. The van der Waals surface area contributed by atoms with Crippen molar-refractivity contribution in [3.8, 4) is 0 Å². The van der Waals surface area contributed by atoms with Crippen LogP contribution < -0.4 is 5.32 Å². The maximum absolute atomic E-state index is 9.40. The van der Waals surface area contributed by atoms with Crippen LogP contribution in [0.1, 0.15) is 31.2 Å². The summed E-state index contributed by atoms with van der Waals surface area (Å²) in [6, 6.07) is 10.6. The minimum Gasteiger partial charge on any atom is -0.395 e. The molecule has 1 aliphatic carbocycles. The SMILES string of the molecule is OC[C@@H](Cc1ccccc1)NCC1CCCC1. The minimum absolute atomic E-state index is 0.206. The fourth-order valence-corrected chi connectivity index (χ4v) is 2.65. The number of hydrogen-bond donors (Lipinski definition) is 2. The summed E-state index contributed by atoms with van der Waals surface area (Å²) in [5.41, 5.74) is 1.30. The van der Waals surface area contributed by atoms with E-state index >= 15 is 0 Å². The van der Waals surface area contributed by atoms with Crippen molar-refractivity contribution in [2.24, 2.45) is 5.92 Å². The van der Waals surface area contributed by atoms with E-state index < -0.39 is 0 Å². The Balaban J connectivity index is 1.76. The molecule has 1 aliphatic rings. The van der Waals surface area contributed by atoms with Gasteiger partial charge in [0.2, 0.25) is 0 Å². The van der Waals surface area contributed by atoms with Crippen molar-refractivity contribution < 1.29 is 5.11 Å². The highest BCUT2D eigenvalue weighted by Gasteiger charge is 2.16. The average molecular weight is 233 g/mol. The van der Waals surface area contributed by atoms with E-state index in [1.165, 1.54) is 31.2 Å². The molecule has 2 N–H and O–H groups in total. The highest BCUT2D eigenvalue weighted by Crippen LogP contribution is 2.23. The summed E-state index contributed by atoms with van der Waals surface area (Å²) in [6.07, 6.45) is 6.40. The second kappa shape index (κ2) is 6.77. The molecule has 0 bridgehead atoms. The maximum Gasteiger partial charge on any atom is 0.0587 e. The lowest BCUT2D eigenvalue weighted by molar-refractivity contribution is 0.236. The highest BCUT2D eigenvalue weighted by molar-refractivity contribution is 5.15. The van der Waals surface area contributed by atoms with Gasteiger partial charge >= 0.3 is 0 Å². The van der Waals surface area contributed by atoms with E-state index in [-0.39, 0.29) is 12.6 Å². The second-order valence-electron chi connectivity index (χ2n) is 5.13. The molecule has 2 heteroatoms. The first-order valence-electron chi connectivity index (χ1n) is 6.76. The summed E-state index contributed by atoms with van der Waals surface area (Å²) >= 11 is 0. The van der Waals surface area contributed by atoms with Crippen LogP contribution >= 0.6 is 0 Å². The molecule has 1 fully saturated rings. The van der Waals surface area contributed by atoms with E-state index in [0.29, 0.717) is 0 Å². The van der Waals surface area contributed by atoms with Gasteiger partial charge in [0.1, 0.15) is 0 Å². The quantitative estimate of drug-likeness (QED) is 0.790. The van der Waals surface area contributed by atoms with E-state index in [2.05, 4.69) is 29.6 Å². The van der Waals surface area contributed by atoms with Crippen LogP contribution in [0.25, 0.3) is 0 Å². The van der Waals surface area contributed by atoms with Crippen LogP contribution in [-0.4, -0.2) is 24.3 Å². The molecule has 1 saturated carbocycles. The van der Waals surface area contributed by atoms with Crippen LogP contribution in [-0.2, 0) is 6.42 Å². The summed E-state index contributed by atoms with van der Waals surface area (Å²) < 4.78 is 0. The Labute approximate surface area is 104 Å². The molecule has 0 amide bonds. The molecule has 2 rings (SSSR count). The van der Waals surface area contributed by atoms with Crippen LogP contribution in [0.2, 0.25) is 0 Å². The van der Waals surface area contributed by atoms with Gasteiger partial charge in [-0.2, -0.15) is 0 Å². The zero-order valence-corrected chi connectivity index (χ0v) is 10.4. The van der Waals surface area contributed by atoms with Gasteiger partial charge in [-0.1, -0.05) is 43.2 Å². The van der Waals surface area contributed by atoms with E-state index in [1.54, 1.807) is 0 Å². The summed E-state index contributed by atoms with van der Waals surface area (Å²) in [6.45, 7) is 1.29. The zero-order valence-electron chi connectivity index (χ0n) is 10.4. The Morgan fingerprint density at radius 3 is 2.53 bits per heavy atom. The third-order valence-corrected chi connectivity index (χ3v) is 3.72. The van der Waals surface area contributed by atoms with Crippen molar-refractivity contribution >= 4 is 0 Å². The first kappa shape index (κ1) is 12.6. The monoisotopic (exact) mass is 233 g/mol. The normalized spacial score (nSPS) is 18.4. The number of aliphatic hydroxyl groups is 1.